The molecule has 0 bridgehead atoms. The molecule has 1 aliphatic heterocycles. The first-order valence-electron chi connectivity index (χ1n) is 10.9. The molecule has 3 aromatic rings. The molecule has 3 aromatic carbocycles. The molecule has 0 saturated carbocycles. The third kappa shape index (κ3) is 5.12. The second-order valence-corrected chi connectivity index (χ2v) is 8.04. The van der Waals surface area contributed by atoms with Gasteiger partial charge in [-0.2, -0.15) is 0 Å². The summed E-state index contributed by atoms with van der Waals surface area (Å²) in [7, 11) is 0. The SMILES string of the molecule is C[C@H]1C[C@@H](C(=O)OC(c2ccccc2)c2ccccc2)N(C(=O)OCc2ccccc2)C1=O. The lowest BCUT2D eigenvalue weighted by Gasteiger charge is -2.25. The van der Waals surface area contributed by atoms with Crippen LogP contribution in [0.15, 0.2) is 91.0 Å². The predicted octanol–water partition coefficient (Wildman–Crippen LogP) is 4.89. The molecule has 0 unspecified atom stereocenters. The van der Waals surface area contributed by atoms with Crippen LogP contribution in [0.5, 0.6) is 0 Å². The number of hydrogen-bond acceptors (Lipinski definition) is 5. The Labute approximate surface area is 192 Å². The summed E-state index contributed by atoms with van der Waals surface area (Å²) in [5, 5.41) is 0. The van der Waals surface area contributed by atoms with Crippen molar-refractivity contribution in [2.45, 2.75) is 32.1 Å². The van der Waals surface area contributed by atoms with Gasteiger partial charge < -0.3 is 9.47 Å². The van der Waals surface area contributed by atoms with Gasteiger partial charge in [-0.3, -0.25) is 4.79 Å². The van der Waals surface area contributed by atoms with Gasteiger partial charge in [0.1, 0.15) is 12.6 Å². The zero-order chi connectivity index (χ0) is 23.2. The lowest BCUT2D eigenvalue weighted by atomic mass is 10.0. The summed E-state index contributed by atoms with van der Waals surface area (Å²) in [5.74, 6) is -1.56. The molecule has 6 nitrogen and oxygen atoms in total. The fraction of sp³-hybridized carbons (Fsp3) is 0.222. The van der Waals surface area contributed by atoms with E-state index in [-0.39, 0.29) is 13.0 Å². The fourth-order valence-corrected chi connectivity index (χ4v) is 3.92. The van der Waals surface area contributed by atoms with Crippen LogP contribution in [0.3, 0.4) is 0 Å². The largest absolute Gasteiger partial charge is 0.451 e. The Hall–Kier alpha value is -3.93. The van der Waals surface area contributed by atoms with Crippen LogP contribution in [0, 0.1) is 5.92 Å². The van der Waals surface area contributed by atoms with E-state index in [1.165, 1.54) is 0 Å². The van der Waals surface area contributed by atoms with Crippen LogP contribution in [-0.2, 0) is 25.7 Å². The van der Waals surface area contributed by atoms with Gasteiger partial charge in [0.15, 0.2) is 6.10 Å². The second-order valence-electron chi connectivity index (χ2n) is 8.04. The van der Waals surface area contributed by atoms with Crippen LogP contribution in [0.4, 0.5) is 4.79 Å². The van der Waals surface area contributed by atoms with Gasteiger partial charge in [-0.25, -0.2) is 14.5 Å². The zero-order valence-electron chi connectivity index (χ0n) is 18.3. The normalized spacial score (nSPS) is 17.8. The van der Waals surface area contributed by atoms with E-state index in [0.717, 1.165) is 21.6 Å². The van der Waals surface area contributed by atoms with Gasteiger partial charge in [0.05, 0.1) is 0 Å². The average Bonchev–Trinajstić information content (AvgIpc) is 3.17. The maximum atomic E-state index is 13.3. The van der Waals surface area contributed by atoms with Crippen LogP contribution in [-0.4, -0.2) is 28.9 Å². The Morgan fingerprint density at radius 2 is 1.39 bits per heavy atom. The molecular weight excluding hydrogens is 418 g/mol. The maximum Gasteiger partial charge on any atom is 0.417 e. The molecule has 0 radical (unpaired) electrons. The van der Waals surface area contributed by atoms with E-state index in [4.69, 9.17) is 9.47 Å². The molecule has 0 aliphatic carbocycles. The van der Waals surface area contributed by atoms with Gasteiger partial charge in [0.25, 0.3) is 0 Å². The molecule has 1 heterocycles. The van der Waals surface area contributed by atoms with E-state index in [0.29, 0.717) is 0 Å². The molecule has 1 aliphatic rings. The first-order valence-corrected chi connectivity index (χ1v) is 10.9. The van der Waals surface area contributed by atoms with Crippen LogP contribution >= 0.6 is 0 Å². The monoisotopic (exact) mass is 443 g/mol. The maximum absolute atomic E-state index is 13.3. The van der Waals surface area contributed by atoms with Crippen molar-refractivity contribution < 1.29 is 23.9 Å². The quantitative estimate of drug-likeness (QED) is 0.507. The minimum Gasteiger partial charge on any atom is -0.451 e. The van der Waals surface area contributed by atoms with Crippen LogP contribution < -0.4 is 0 Å². The molecule has 2 atom stereocenters. The van der Waals surface area contributed by atoms with Gasteiger partial charge >= 0.3 is 12.1 Å². The van der Waals surface area contributed by atoms with E-state index >= 15 is 0 Å². The zero-order valence-corrected chi connectivity index (χ0v) is 18.3. The smallest absolute Gasteiger partial charge is 0.417 e. The van der Waals surface area contributed by atoms with Crippen LogP contribution in [0.2, 0.25) is 0 Å². The summed E-state index contributed by atoms with van der Waals surface area (Å²) in [5.41, 5.74) is 2.39. The van der Waals surface area contributed by atoms with Crippen molar-refractivity contribution >= 4 is 18.0 Å². The number of carbonyl (C=O) groups is 3. The van der Waals surface area contributed by atoms with Gasteiger partial charge in [0.2, 0.25) is 5.91 Å². The van der Waals surface area contributed by atoms with Crippen molar-refractivity contribution in [1.29, 1.82) is 0 Å². The molecular formula is C27H25NO5. The second kappa shape index (κ2) is 10.1. The Balaban J connectivity index is 1.53. The Bertz CT molecular complexity index is 1060. The number of amides is 2. The number of rotatable bonds is 6. The van der Waals surface area contributed by atoms with Crippen molar-refractivity contribution in [1.82, 2.24) is 4.90 Å². The highest BCUT2D eigenvalue weighted by Gasteiger charge is 2.47. The average molecular weight is 443 g/mol. The fourth-order valence-electron chi connectivity index (χ4n) is 3.92. The molecule has 0 spiro atoms. The molecule has 1 saturated heterocycles. The van der Waals surface area contributed by atoms with E-state index in [9.17, 15) is 14.4 Å². The Morgan fingerprint density at radius 3 is 1.94 bits per heavy atom. The van der Waals surface area contributed by atoms with E-state index in [1.807, 2.05) is 91.0 Å². The van der Waals surface area contributed by atoms with Crippen molar-refractivity contribution in [3.63, 3.8) is 0 Å². The number of ether oxygens (including phenoxy) is 2. The molecule has 0 N–H and O–H groups in total. The highest BCUT2D eigenvalue weighted by Crippen LogP contribution is 2.31. The van der Waals surface area contributed by atoms with Gasteiger partial charge in [-0.1, -0.05) is 97.9 Å². The van der Waals surface area contributed by atoms with Crippen molar-refractivity contribution in [3.8, 4) is 0 Å². The Morgan fingerprint density at radius 1 is 0.879 bits per heavy atom. The number of benzene rings is 3. The third-order valence-corrected chi connectivity index (χ3v) is 5.66. The van der Waals surface area contributed by atoms with Crippen LogP contribution in [0.1, 0.15) is 36.1 Å². The summed E-state index contributed by atoms with van der Waals surface area (Å²) in [6, 6.07) is 26.9. The first-order chi connectivity index (χ1) is 16.0. The highest BCUT2D eigenvalue weighted by atomic mass is 16.6. The topological polar surface area (TPSA) is 72.9 Å². The molecule has 33 heavy (non-hydrogen) atoms. The summed E-state index contributed by atoms with van der Waals surface area (Å²) in [4.78, 5) is 39.7. The van der Waals surface area contributed by atoms with Crippen molar-refractivity contribution in [3.05, 3.63) is 108 Å². The summed E-state index contributed by atoms with van der Waals surface area (Å²) >= 11 is 0. The number of esters is 1. The van der Waals surface area contributed by atoms with Gasteiger partial charge in [-0.05, 0) is 23.1 Å². The summed E-state index contributed by atoms with van der Waals surface area (Å²) < 4.78 is 11.2. The lowest BCUT2D eigenvalue weighted by molar-refractivity contribution is -0.154. The lowest BCUT2D eigenvalue weighted by Crippen LogP contribution is -2.44. The van der Waals surface area contributed by atoms with Gasteiger partial charge in [0, 0.05) is 5.92 Å². The third-order valence-electron chi connectivity index (χ3n) is 5.66. The van der Waals surface area contributed by atoms with Crippen molar-refractivity contribution in [2.24, 2.45) is 5.92 Å². The number of nitrogens with zero attached hydrogens (tertiary/aromatic N) is 1. The highest BCUT2D eigenvalue weighted by molar-refractivity contribution is 6.00. The molecule has 6 heteroatoms. The predicted molar refractivity (Wildman–Crippen MR) is 122 cm³/mol. The van der Waals surface area contributed by atoms with E-state index in [1.54, 1.807) is 6.92 Å². The standard InChI is InChI=1S/C27H25NO5/c1-19-17-23(28(25(19)29)27(31)32-18-20-11-5-2-6-12-20)26(30)33-24(21-13-7-3-8-14-21)22-15-9-4-10-16-22/h2-16,19,23-24H,17-18H2,1H3/t19-,23-/m0/s1. The molecule has 2 amide bonds. The first kappa shape index (κ1) is 22.3. The summed E-state index contributed by atoms with van der Waals surface area (Å²) in [6.07, 6.45) is -1.31. The molecule has 1 fully saturated rings. The van der Waals surface area contributed by atoms with E-state index in [2.05, 4.69) is 0 Å². The minimum absolute atomic E-state index is 0.0102. The van der Waals surface area contributed by atoms with Crippen molar-refractivity contribution in [2.75, 3.05) is 0 Å². The van der Waals surface area contributed by atoms with Crippen LogP contribution in [0.25, 0.3) is 0 Å². The van der Waals surface area contributed by atoms with Gasteiger partial charge in [-0.15, -0.1) is 0 Å². The Kier molecular flexibility index (Phi) is 6.83. The molecule has 0 aromatic heterocycles. The number of likely N-dealkylation sites (tertiary alicyclic amines) is 1. The minimum atomic E-state index is -1.04. The molecule has 4 rings (SSSR count). The number of carbonyl (C=O) groups excluding carboxylic acids is 3. The number of hydrogen-bond donors (Lipinski definition) is 0. The molecule has 168 valence electrons. The number of imide groups is 1. The van der Waals surface area contributed by atoms with E-state index < -0.39 is 36.0 Å². The summed E-state index contributed by atoms with van der Waals surface area (Å²) in [6.45, 7) is 1.70.